The number of nitrogens with zero attached hydrogens (tertiary/aromatic N) is 3. The lowest BCUT2D eigenvalue weighted by Gasteiger charge is -2.54. The van der Waals surface area contributed by atoms with Crippen molar-refractivity contribution in [3.8, 4) is 5.75 Å². The number of benzene rings is 1. The van der Waals surface area contributed by atoms with E-state index in [1.54, 1.807) is 13.2 Å². The van der Waals surface area contributed by atoms with E-state index in [9.17, 15) is 19.8 Å². The molecule has 2 saturated heterocycles. The number of allylic oxidation sites excluding steroid dienone is 3. The van der Waals surface area contributed by atoms with Crippen molar-refractivity contribution in [2.24, 2.45) is 0 Å². The quantitative estimate of drug-likeness (QED) is 0.657. The van der Waals surface area contributed by atoms with E-state index in [0.29, 0.717) is 42.9 Å². The second-order valence-corrected chi connectivity index (χ2v) is 10.3. The van der Waals surface area contributed by atoms with Gasteiger partial charge in [0.2, 0.25) is 5.91 Å². The molecule has 5 rings (SSSR count). The zero-order valence-electron chi connectivity index (χ0n) is 20.9. The predicted octanol–water partition coefficient (Wildman–Crippen LogP) is 3.19. The van der Waals surface area contributed by atoms with E-state index in [1.165, 1.54) is 9.80 Å². The summed E-state index contributed by atoms with van der Waals surface area (Å²) in [5.74, 6) is -0.278. The van der Waals surface area contributed by atoms with E-state index < -0.39 is 29.8 Å². The van der Waals surface area contributed by atoms with Crippen LogP contribution in [0, 0.1) is 0 Å². The Kier molecular flexibility index (Phi) is 5.56. The maximum atomic E-state index is 13.8. The Morgan fingerprint density at radius 1 is 1.20 bits per heavy atom. The third-order valence-corrected chi connectivity index (χ3v) is 7.46. The molecular formula is C27H33N3O5. The highest BCUT2D eigenvalue weighted by molar-refractivity contribution is 6.02. The maximum absolute atomic E-state index is 13.8. The number of amides is 2. The van der Waals surface area contributed by atoms with Gasteiger partial charge in [-0.1, -0.05) is 23.3 Å². The second-order valence-electron chi connectivity index (χ2n) is 10.3. The Hall–Kier alpha value is -3.10. The van der Waals surface area contributed by atoms with E-state index in [2.05, 4.69) is 10.6 Å². The van der Waals surface area contributed by atoms with Gasteiger partial charge in [0.15, 0.2) is 0 Å². The molecule has 2 N–H and O–H groups in total. The second kappa shape index (κ2) is 8.24. The number of aliphatic hydroxyl groups excluding tert-OH is 1. The lowest BCUT2D eigenvalue weighted by atomic mass is 9.82. The van der Waals surface area contributed by atoms with E-state index in [4.69, 9.17) is 4.74 Å². The number of rotatable bonds is 4. The first-order valence-corrected chi connectivity index (χ1v) is 12.1. The summed E-state index contributed by atoms with van der Waals surface area (Å²) < 4.78 is 7.54. The van der Waals surface area contributed by atoms with Crippen LogP contribution >= 0.6 is 0 Å². The Bertz CT molecular complexity index is 1280. The smallest absolute Gasteiger partial charge is 0.279 e. The van der Waals surface area contributed by atoms with E-state index in [0.717, 1.165) is 22.0 Å². The fourth-order valence-electron chi connectivity index (χ4n) is 5.88. The number of piperazine rings is 1. The van der Waals surface area contributed by atoms with Crippen molar-refractivity contribution in [2.45, 2.75) is 71.0 Å². The molecule has 1 aromatic heterocycles. The van der Waals surface area contributed by atoms with Gasteiger partial charge in [0, 0.05) is 30.1 Å². The number of methoxy groups -OCH3 is 1. The molecule has 3 aliphatic heterocycles. The number of ether oxygens (including phenoxy) is 1. The number of carbonyl (C=O) groups is 2. The zero-order chi connectivity index (χ0) is 25.2. The van der Waals surface area contributed by atoms with Gasteiger partial charge in [0.25, 0.3) is 11.6 Å². The average Bonchev–Trinajstić information content (AvgIpc) is 3.42. The van der Waals surface area contributed by atoms with Crippen LogP contribution < -0.4 is 4.74 Å². The highest BCUT2D eigenvalue weighted by Crippen LogP contribution is 2.52. The van der Waals surface area contributed by atoms with Gasteiger partial charge in [-0.15, -0.1) is 0 Å². The average molecular weight is 480 g/mol. The summed E-state index contributed by atoms with van der Waals surface area (Å²) in [6, 6.07) is 4.22. The molecule has 4 atom stereocenters. The summed E-state index contributed by atoms with van der Waals surface area (Å²) in [5, 5.41) is 24.4. The molecule has 0 bridgehead atoms. The van der Waals surface area contributed by atoms with Gasteiger partial charge < -0.3 is 24.4 Å². The van der Waals surface area contributed by atoms with Crippen molar-refractivity contribution >= 4 is 22.7 Å². The molecule has 8 heteroatoms. The molecule has 8 nitrogen and oxygen atoms in total. The van der Waals surface area contributed by atoms with Gasteiger partial charge >= 0.3 is 0 Å². The minimum absolute atomic E-state index is 0.326. The highest BCUT2D eigenvalue weighted by Gasteiger charge is 2.65. The number of aliphatic hydroxyl groups is 2. The van der Waals surface area contributed by atoms with Crippen LogP contribution in [0.5, 0.6) is 5.75 Å². The van der Waals surface area contributed by atoms with Crippen molar-refractivity contribution in [2.75, 3.05) is 13.7 Å². The van der Waals surface area contributed by atoms with Crippen LogP contribution in [0.25, 0.3) is 10.9 Å². The molecule has 0 aliphatic carbocycles. The van der Waals surface area contributed by atoms with E-state index in [1.807, 2.05) is 45.9 Å². The van der Waals surface area contributed by atoms with Gasteiger partial charge in [-0.2, -0.15) is 0 Å². The van der Waals surface area contributed by atoms with Gasteiger partial charge in [-0.3, -0.25) is 14.5 Å². The lowest BCUT2D eigenvalue weighted by molar-refractivity contribution is -0.229. The number of carbonyl (C=O) groups excluding carboxylic acids is 2. The zero-order valence-corrected chi connectivity index (χ0v) is 20.9. The maximum Gasteiger partial charge on any atom is 0.279 e. The summed E-state index contributed by atoms with van der Waals surface area (Å²) in [6.07, 6.45) is 3.63. The number of aromatic nitrogens is 1. The van der Waals surface area contributed by atoms with Gasteiger partial charge in [0.1, 0.15) is 17.9 Å². The number of hydrogen-bond acceptors (Lipinski definition) is 5. The molecule has 2 amide bonds. The normalized spacial score (nSPS) is 27.5. The minimum Gasteiger partial charge on any atom is -0.497 e. The summed E-state index contributed by atoms with van der Waals surface area (Å²) in [4.78, 5) is 30.2. The third kappa shape index (κ3) is 3.27. The monoisotopic (exact) mass is 479 g/mol. The number of fused-ring (bicyclic) bond motifs is 5. The molecule has 0 radical (unpaired) electrons. The number of hydrogen-bond donors (Lipinski definition) is 2. The van der Waals surface area contributed by atoms with Crippen molar-refractivity contribution < 1.29 is 24.5 Å². The first-order valence-electron chi connectivity index (χ1n) is 12.1. The molecule has 0 saturated carbocycles. The summed E-state index contributed by atoms with van der Waals surface area (Å²) >= 11 is 0. The lowest BCUT2D eigenvalue weighted by Crippen LogP contribution is -2.74. The van der Waals surface area contributed by atoms with Crippen LogP contribution in [0.15, 0.2) is 41.5 Å². The molecule has 0 spiro atoms. The van der Waals surface area contributed by atoms with E-state index >= 15 is 0 Å². The third-order valence-electron chi connectivity index (χ3n) is 7.46. The Labute approximate surface area is 205 Å². The van der Waals surface area contributed by atoms with Crippen molar-refractivity contribution in [3.05, 3.63) is 52.8 Å². The van der Waals surface area contributed by atoms with Crippen molar-refractivity contribution in [1.29, 1.82) is 0 Å². The van der Waals surface area contributed by atoms with Crippen LogP contribution in [-0.2, 0) is 16.1 Å². The standard InChI is InChI=1S/C27H33N3O5/c1-15(2)10-12-28-20-14-17(35-5)8-9-18(20)22-23(28)21(13-16(3)4)30-25(32)19-7-6-11-29(19)26(33)27(30,34)24(22)31/h8-10,13-14,19,21,24,31,34H,6-7,11-12H2,1-5H3/t19?,21-,24?,27?/m0/s1. The van der Waals surface area contributed by atoms with Crippen LogP contribution in [0.3, 0.4) is 0 Å². The fourth-order valence-corrected chi connectivity index (χ4v) is 5.88. The molecule has 3 unspecified atom stereocenters. The van der Waals surface area contributed by atoms with Crippen LogP contribution in [0.2, 0.25) is 0 Å². The molecule has 2 aromatic rings. The molecule has 3 aliphatic rings. The predicted molar refractivity (Wildman–Crippen MR) is 132 cm³/mol. The summed E-state index contributed by atoms with van der Waals surface area (Å²) in [5.41, 5.74) is 1.67. The van der Waals surface area contributed by atoms with Crippen LogP contribution in [0.4, 0.5) is 0 Å². The largest absolute Gasteiger partial charge is 0.497 e. The van der Waals surface area contributed by atoms with Gasteiger partial charge in [0.05, 0.1) is 24.4 Å². The first-order chi connectivity index (χ1) is 16.6. The fraction of sp³-hybridized carbons (Fsp3) is 0.481. The Morgan fingerprint density at radius 3 is 2.60 bits per heavy atom. The highest BCUT2D eigenvalue weighted by atomic mass is 16.5. The van der Waals surface area contributed by atoms with Gasteiger partial charge in [-0.05, 0) is 52.7 Å². The molecular weight excluding hydrogens is 446 g/mol. The topological polar surface area (TPSA) is 95.2 Å². The van der Waals surface area contributed by atoms with Crippen LogP contribution in [-0.4, -0.2) is 61.8 Å². The van der Waals surface area contributed by atoms with Gasteiger partial charge in [-0.25, -0.2) is 0 Å². The van der Waals surface area contributed by atoms with E-state index in [-0.39, 0.29) is 5.91 Å². The minimum atomic E-state index is -2.38. The first kappa shape index (κ1) is 23.6. The molecule has 2 fully saturated rings. The molecule has 4 heterocycles. The molecule has 35 heavy (non-hydrogen) atoms. The Balaban J connectivity index is 1.86. The summed E-state index contributed by atoms with van der Waals surface area (Å²) in [6.45, 7) is 8.79. The SMILES string of the molecule is COc1ccc2c3c(n(CC=C(C)C)c2c1)[C@H](C=C(C)C)N1C(=O)C2CCCN2C(=O)C1(O)C3O. The molecule has 1 aromatic carbocycles. The Morgan fingerprint density at radius 2 is 1.94 bits per heavy atom. The van der Waals surface area contributed by atoms with Crippen molar-refractivity contribution in [3.63, 3.8) is 0 Å². The van der Waals surface area contributed by atoms with Crippen LogP contribution in [0.1, 0.15) is 63.9 Å². The van der Waals surface area contributed by atoms with Crippen molar-refractivity contribution in [1.82, 2.24) is 14.4 Å². The summed E-state index contributed by atoms with van der Waals surface area (Å²) in [7, 11) is 1.60. The molecule has 186 valence electrons.